The highest BCUT2D eigenvalue weighted by Gasteiger charge is 2.12. The van der Waals surface area contributed by atoms with Gasteiger partial charge in [0.25, 0.3) is 0 Å². The van der Waals surface area contributed by atoms with Gasteiger partial charge in [-0.1, -0.05) is 35.6 Å². The first-order chi connectivity index (χ1) is 13.9. The first-order valence-corrected chi connectivity index (χ1v) is 15.3. The molecule has 0 aliphatic heterocycles. The molecule has 3 rings (SSSR count). The lowest BCUT2D eigenvalue weighted by Crippen LogP contribution is -2.22. The Balaban J connectivity index is 1.56. The number of hydrogen-bond acceptors (Lipinski definition) is 5. The van der Waals surface area contributed by atoms with Gasteiger partial charge in [0.15, 0.2) is 6.79 Å². The van der Waals surface area contributed by atoms with Crippen LogP contribution in [0.25, 0.3) is 10.1 Å². The molecular formula is C22H27BrO4SSi. The molecule has 156 valence electrons. The summed E-state index contributed by atoms with van der Waals surface area (Å²) < 4.78 is 24.1. The van der Waals surface area contributed by atoms with E-state index in [1.165, 1.54) is 0 Å². The van der Waals surface area contributed by atoms with Crippen molar-refractivity contribution in [2.24, 2.45) is 0 Å². The van der Waals surface area contributed by atoms with Gasteiger partial charge in [-0.2, -0.15) is 0 Å². The Bertz CT molecular complexity index is 905. The predicted octanol–water partition coefficient (Wildman–Crippen LogP) is 7.16. The largest absolute Gasteiger partial charge is 0.493 e. The highest BCUT2D eigenvalue weighted by atomic mass is 79.9. The Labute approximate surface area is 185 Å². The van der Waals surface area contributed by atoms with Crippen molar-refractivity contribution in [2.75, 3.05) is 25.3 Å². The molecule has 0 saturated heterocycles. The molecule has 2 aromatic carbocycles. The van der Waals surface area contributed by atoms with E-state index < -0.39 is 8.07 Å². The zero-order valence-corrected chi connectivity index (χ0v) is 20.5. The van der Waals surface area contributed by atoms with E-state index >= 15 is 0 Å². The summed E-state index contributed by atoms with van der Waals surface area (Å²) in [7, 11) is -1.06. The SMILES string of the molecule is C[Si](C)(C)CCOCOc1ccc2c(Oc3ccc(OCCBr)cc3)csc2c1. The van der Waals surface area contributed by atoms with Crippen molar-refractivity contribution in [3.05, 3.63) is 47.8 Å². The van der Waals surface area contributed by atoms with E-state index in [4.69, 9.17) is 18.9 Å². The highest BCUT2D eigenvalue weighted by molar-refractivity contribution is 9.09. The third-order valence-electron chi connectivity index (χ3n) is 4.21. The Hall–Kier alpha value is -1.54. The first-order valence-electron chi connectivity index (χ1n) is 9.63. The summed E-state index contributed by atoms with van der Waals surface area (Å²) >= 11 is 4.99. The van der Waals surface area contributed by atoms with Crippen molar-refractivity contribution in [3.63, 3.8) is 0 Å². The molecule has 0 aliphatic carbocycles. The molecule has 0 bridgehead atoms. The number of fused-ring (bicyclic) bond motifs is 1. The van der Waals surface area contributed by atoms with Crippen molar-refractivity contribution >= 4 is 45.4 Å². The predicted molar refractivity (Wildman–Crippen MR) is 127 cm³/mol. The average Bonchev–Trinajstić information content (AvgIpc) is 3.08. The third-order valence-corrected chi connectivity index (χ3v) is 7.17. The van der Waals surface area contributed by atoms with Crippen LogP contribution in [0, 0.1) is 0 Å². The second-order valence-corrected chi connectivity index (χ2v) is 15.2. The number of rotatable bonds is 11. The summed E-state index contributed by atoms with van der Waals surface area (Å²) in [6.07, 6.45) is 0. The minimum atomic E-state index is -1.06. The quantitative estimate of drug-likeness (QED) is 0.122. The number of halogens is 1. The summed E-state index contributed by atoms with van der Waals surface area (Å²) in [6, 6.07) is 14.8. The lowest BCUT2D eigenvalue weighted by molar-refractivity contribution is 0.0221. The molecule has 0 radical (unpaired) electrons. The fourth-order valence-electron chi connectivity index (χ4n) is 2.59. The Morgan fingerprint density at radius 2 is 1.62 bits per heavy atom. The number of alkyl halides is 1. The van der Waals surface area contributed by atoms with Gasteiger partial charge in [-0.25, -0.2) is 0 Å². The molecule has 4 nitrogen and oxygen atoms in total. The number of thiophene rings is 1. The van der Waals surface area contributed by atoms with Gasteiger partial charge in [0.05, 0.1) is 6.61 Å². The Morgan fingerprint density at radius 1 is 0.897 bits per heavy atom. The molecule has 3 aromatic rings. The van der Waals surface area contributed by atoms with Gasteiger partial charge >= 0.3 is 0 Å². The monoisotopic (exact) mass is 494 g/mol. The van der Waals surface area contributed by atoms with Crippen LogP contribution in [0.15, 0.2) is 47.8 Å². The van der Waals surface area contributed by atoms with E-state index in [-0.39, 0.29) is 6.79 Å². The molecule has 0 amide bonds. The molecule has 0 N–H and O–H groups in total. The Kier molecular flexibility index (Phi) is 8.00. The van der Waals surface area contributed by atoms with Crippen LogP contribution in [0.4, 0.5) is 0 Å². The second kappa shape index (κ2) is 10.5. The Morgan fingerprint density at radius 3 is 2.34 bits per heavy atom. The lowest BCUT2D eigenvalue weighted by Gasteiger charge is -2.15. The van der Waals surface area contributed by atoms with Crippen molar-refractivity contribution in [3.8, 4) is 23.0 Å². The zero-order valence-electron chi connectivity index (χ0n) is 17.1. The molecule has 1 aromatic heterocycles. The summed E-state index contributed by atoms with van der Waals surface area (Å²) in [5.41, 5.74) is 0. The zero-order chi connectivity index (χ0) is 20.7. The van der Waals surface area contributed by atoms with Gasteiger partial charge in [-0.05, 0) is 48.5 Å². The van der Waals surface area contributed by atoms with Gasteiger partial charge in [0.1, 0.15) is 23.0 Å². The molecule has 29 heavy (non-hydrogen) atoms. The van der Waals surface area contributed by atoms with Crippen LogP contribution in [0.3, 0.4) is 0 Å². The van der Waals surface area contributed by atoms with Crippen LogP contribution in [-0.2, 0) is 4.74 Å². The highest BCUT2D eigenvalue weighted by Crippen LogP contribution is 2.37. The third kappa shape index (κ3) is 7.03. The van der Waals surface area contributed by atoms with Crippen LogP contribution in [0.2, 0.25) is 25.7 Å². The summed E-state index contributed by atoms with van der Waals surface area (Å²) in [6.45, 7) is 8.71. The fourth-order valence-corrected chi connectivity index (χ4v) is 4.39. The molecule has 0 aliphatic rings. The van der Waals surface area contributed by atoms with Crippen LogP contribution in [0.1, 0.15) is 0 Å². The maximum absolute atomic E-state index is 6.06. The summed E-state index contributed by atoms with van der Waals surface area (Å²) in [5, 5.41) is 3.90. The second-order valence-electron chi connectivity index (χ2n) is 7.85. The maximum atomic E-state index is 6.06. The molecule has 0 atom stereocenters. The molecule has 7 heteroatoms. The topological polar surface area (TPSA) is 36.9 Å². The van der Waals surface area contributed by atoms with Gasteiger partial charge in [-0.15, -0.1) is 11.3 Å². The van der Waals surface area contributed by atoms with Crippen molar-refractivity contribution < 1.29 is 18.9 Å². The van der Waals surface area contributed by atoms with E-state index in [9.17, 15) is 0 Å². The maximum Gasteiger partial charge on any atom is 0.189 e. The van der Waals surface area contributed by atoms with Gasteiger partial charge in [0, 0.05) is 35.5 Å². The van der Waals surface area contributed by atoms with E-state index in [1.807, 2.05) is 47.8 Å². The smallest absolute Gasteiger partial charge is 0.189 e. The van der Waals surface area contributed by atoms with E-state index in [0.717, 1.165) is 51.1 Å². The van der Waals surface area contributed by atoms with Gasteiger partial charge in [-0.3, -0.25) is 0 Å². The molecule has 0 saturated carbocycles. The molecule has 1 heterocycles. The van der Waals surface area contributed by atoms with Gasteiger partial charge in [0.2, 0.25) is 0 Å². The first kappa shape index (κ1) is 22.1. The minimum Gasteiger partial charge on any atom is -0.493 e. The minimum absolute atomic E-state index is 0.286. The number of ether oxygens (including phenoxy) is 4. The van der Waals surface area contributed by atoms with Crippen LogP contribution < -0.4 is 14.2 Å². The van der Waals surface area contributed by atoms with E-state index in [1.54, 1.807) is 11.3 Å². The average molecular weight is 496 g/mol. The fraction of sp³-hybridized carbons (Fsp3) is 0.364. The van der Waals surface area contributed by atoms with Crippen molar-refractivity contribution in [2.45, 2.75) is 25.7 Å². The molecule has 0 fully saturated rings. The normalized spacial score (nSPS) is 11.6. The standard InChI is InChI=1S/C22H27BrO4SSi/c1-29(2,3)13-12-24-16-26-19-8-9-20-21(15-28-22(20)14-19)27-18-6-4-17(5-7-18)25-11-10-23/h4-9,14-15H,10-13,16H2,1-3H3. The molecule has 0 spiro atoms. The van der Waals surface area contributed by atoms with Crippen LogP contribution >= 0.6 is 27.3 Å². The van der Waals surface area contributed by atoms with Crippen LogP contribution in [-0.4, -0.2) is 33.4 Å². The summed E-state index contributed by atoms with van der Waals surface area (Å²) in [5.74, 6) is 3.28. The lowest BCUT2D eigenvalue weighted by atomic mass is 10.2. The van der Waals surface area contributed by atoms with Crippen molar-refractivity contribution in [1.82, 2.24) is 0 Å². The van der Waals surface area contributed by atoms with E-state index in [0.29, 0.717) is 6.61 Å². The molecule has 0 unspecified atom stereocenters. The summed E-state index contributed by atoms with van der Waals surface area (Å²) in [4.78, 5) is 0. The van der Waals surface area contributed by atoms with Crippen molar-refractivity contribution in [1.29, 1.82) is 0 Å². The van der Waals surface area contributed by atoms with E-state index in [2.05, 4.69) is 35.6 Å². The van der Waals surface area contributed by atoms with Gasteiger partial charge < -0.3 is 18.9 Å². The van der Waals surface area contributed by atoms with Crippen LogP contribution in [0.5, 0.6) is 23.0 Å². The molecular weight excluding hydrogens is 468 g/mol. The number of hydrogen-bond donors (Lipinski definition) is 0. The number of benzene rings is 2.